The van der Waals surface area contributed by atoms with Gasteiger partial charge in [-0.2, -0.15) is 0 Å². The molecule has 0 unspecified atom stereocenters. The van der Waals surface area contributed by atoms with E-state index >= 15 is 0 Å². The maximum Gasteiger partial charge on any atom is 0.160 e. The van der Waals surface area contributed by atoms with Crippen LogP contribution in [0.5, 0.6) is 0 Å². The number of imidazole rings is 1. The highest BCUT2D eigenvalue weighted by Crippen LogP contribution is 2.25. The Labute approximate surface area is 108 Å². The number of hydrogen-bond acceptors (Lipinski definition) is 3. The number of H-pyrrole nitrogens is 1. The van der Waals surface area contributed by atoms with E-state index in [1.165, 1.54) is 0 Å². The van der Waals surface area contributed by atoms with Crippen LogP contribution in [0, 0.1) is 0 Å². The van der Waals surface area contributed by atoms with Gasteiger partial charge in [-0.25, -0.2) is 4.98 Å². The number of pyridine rings is 2. The fraction of sp³-hybridized carbons (Fsp3) is 0. The highest BCUT2D eigenvalue weighted by molar-refractivity contribution is 5.82. The molecule has 0 aliphatic rings. The average Bonchev–Trinajstić information content (AvgIpc) is 3.06. The molecule has 4 rings (SSSR count). The maximum absolute atomic E-state index is 6.02. The Morgan fingerprint density at radius 2 is 2.11 bits per heavy atom. The van der Waals surface area contributed by atoms with Crippen LogP contribution in [0.2, 0.25) is 0 Å². The van der Waals surface area contributed by atoms with Crippen LogP contribution in [0.1, 0.15) is 0 Å². The van der Waals surface area contributed by atoms with E-state index < -0.39 is 0 Å². The quantitative estimate of drug-likeness (QED) is 0.544. The van der Waals surface area contributed by atoms with Crippen molar-refractivity contribution in [3.05, 3.63) is 49.2 Å². The van der Waals surface area contributed by atoms with Crippen molar-refractivity contribution in [2.24, 2.45) is 0 Å². The summed E-state index contributed by atoms with van der Waals surface area (Å²) in [4.78, 5) is 11.8. The Kier molecular flexibility index (Phi) is 1.91. The van der Waals surface area contributed by atoms with E-state index in [2.05, 4.69) is 21.0 Å². The van der Waals surface area contributed by atoms with Crippen LogP contribution in [0.25, 0.3) is 27.8 Å². The van der Waals surface area contributed by atoms with Crippen molar-refractivity contribution < 1.29 is 0 Å². The van der Waals surface area contributed by atoms with E-state index in [1.54, 1.807) is 6.20 Å². The number of nitrogens with zero attached hydrogens (tertiary/aromatic N) is 3. The first-order valence-electron chi connectivity index (χ1n) is 5.97. The maximum atomic E-state index is 6.02. The predicted molar refractivity (Wildman–Crippen MR) is 74.7 cm³/mol. The summed E-state index contributed by atoms with van der Waals surface area (Å²) in [6, 6.07) is 5.94. The molecule has 92 valence electrons. The van der Waals surface area contributed by atoms with Crippen LogP contribution in [-0.4, -0.2) is 19.4 Å². The zero-order valence-electron chi connectivity index (χ0n) is 10.0. The van der Waals surface area contributed by atoms with E-state index in [0.29, 0.717) is 5.69 Å². The van der Waals surface area contributed by atoms with Gasteiger partial charge in [0.15, 0.2) is 5.65 Å². The number of rotatable bonds is 1. The van der Waals surface area contributed by atoms with Gasteiger partial charge in [0.1, 0.15) is 0 Å². The fourth-order valence-corrected chi connectivity index (χ4v) is 2.31. The topological polar surface area (TPSA) is 72.0 Å². The number of fused-ring (bicyclic) bond motifs is 2. The minimum absolute atomic E-state index is 0.661. The summed E-state index contributed by atoms with van der Waals surface area (Å²) < 4.78 is 1.92. The lowest BCUT2D eigenvalue weighted by molar-refractivity contribution is 1.19. The Balaban J connectivity index is 1.97. The van der Waals surface area contributed by atoms with Gasteiger partial charge in [-0.15, -0.1) is 0 Å². The van der Waals surface area contributed by atoms with Crippen molar-refractivity contribution in [2.45, 2.75) is 0 Å². The van der Waals surface area contributed by atoms with E-state index in [-0.39, 0.29) is 0 Å². The van der Waals surface area contributed by atoms with Crippen molar-refractivity contribution in [2.75, 3.05) is 5.73 Å². The summed E-state index contributed by atoms with van der Waals surface area (Å²) in [5.74, 6) is 0. The van der Waals surface area contributed by atoms with Gasteiger partial charge in [0, 0.05) is 42.1 Å². The van der Waals surface area contributed by atoms with Crippen molar-refractivity contribution >= 4 is 22.4 Å². The second kappa shape index (κ2) is 3.58. The molecule has 0 aliphatic carbocycles. The lowest BCUT2D eigenvalue weighted by atomic mass is 10.1. The lowest BCUT2D eigenvalue weighted by Crippen LogP contribution is -1.94. The monoisotopic (exact) mass is 249 g/mol. The molecule has 3 N–H and O–H groups in total. The van der Waals surface area contributed by atoms with Crippen LogP contribution in [0.3, 0.4) is 0 Å². The van der Waals surface area contributed by atoms with Gasteiger partial charge in [0.2, 0.25) is 0 Å². The summed E-state index contributed by atoms with van der Waals surface area (Å²) in [7, 11) is 0. The molecule has 0 aromatic carbocycles. The second-order valence-corrected chi connectivity index (χ2v) is 4.48. The number of nitrogens with two attached hydrogens (primary N) is 1. The van der Waals surface area contributed by atoms with Gasteiger partial charge in [0.05, 0.1) is 16.7 Å². The first-order valence-corrected chi connectivity index (χ1v) is 5.97. The summed E-state index contributed by atoms with van der Waals surface area (Å²) in [6.45, 7) is 0. The number of aromatic nitrogens is 4. The predicted octanol–water partition coefficient (Wildman–Crippen LogP) is 2.46. The average molecular weight is 249 g/mol. The highest BCUT2D eigenvalue weighted by Gasteiger charge is 2.06. The molecule has 0 saturated carbocycles. The summed E-state index contributed by atoms with van der Waals surface area (Å²) in [5, 5.41) is 0. The van der Waals surface area contributed by atoms with Crippen LogP contribution in [0.4, 0.5) is 5.69 Å². The minimum atomic E-state index is 0.661. The van der Waals surface area contributed by atoms with Crippen LogP contribution < -0.4 is 5.73 Å². The molecule has 0 bridgehead atoms. The molecular formula is C14H11N5. The third-order valence-corrected chi connectivity index (χ3v) is 3.25. The Morgan fingerprint density at radius 3 is 3.05 bits per heavy atom. The number of nitrogens with one attached hydrogen (secondary N) is 1. The molecule has 4 heterocycles. The van der Waals surface area contributed by atoms with Gasteiger partial charge in [-0.05, 0) is 18.2 Å². The SMILES string of the molecule is Nc1cc(-c2cnc3cc[nH]c3c2)cn2ccnc12. The molecule has 0 radical (unpaired) electrons. The summed E-state index contributed by atoms with van der Waals surface area (Å²) in [6.07, 6.45) is 9.37. The smallest absolute Gasteiger partial charge is 0.160 e. The van der Waals surface area contributed by atoms with Crippen LogP contribution >= 0.6 is 0 Å². The van der Waals surface area contributed by atoms with E-state index in [0.717, 1.165) is 27.8 Å². The van der Waals surface area contributed by atoms with Gasteiger partial charge in [-0.1, -0.05) is 0 Å². The molecule has 5 heteroatoms. The fourth-order valence-electron chi connectivity index (χ4n) is 2.31. The Hall–Kier alpha value is -2.82. The third-order valence-electron chi connectivity index (χ3n) is 3.25. The molecule has 0 saturated heterocycles. The number of anilines is 1. The molecular weight excluding hydrogens is 238 g/mol. The molecule has 5 nitrogen and oxygen atoms in total. The summed E-state index contributed by atoms with van der Waals surface area (Å²) >= 11 is 0. The van der Waals surface area contributed by atoms with Crippen molar-refractivity contribution in [3.8, 4) is 11.1 Å². The zero-order valence-corrected chi connectivity index (χ0v) is 10.0. The first-order chi connectivity index (χ1) is 9.31. The normalized spacial score (nSPS) is 11.4. The van der Waals surface area contributed by atoms with Crippen molar-refractivity contribution in [1.29, 1.82) is 0 Å². The summed E-state index contributed by atoms with van der Waals surface area (Å²) in [5.41, 5.74) is 11.5. The molecule has 0 spiro atoms. The van der Waals surface area contributed by atoms with E-state index in [9.17, 15) is 0 Å². The van der Waals surface area contributed by atoms with Crippen LogP contribution in [0.15, 0.2) is 49.2 Å². The molecule has 0 amide bonds. The van der Waals surface area contributed by atoms with Gasteiger partial charge < -0.3 is 15.1 Å². The van der Waals surface area contributed by atoms with E-state index in [4.69, 9.17) is 5.73 Å². The number of aromatic amines is 1. The minimum Gasteiger partial charge on any atom is -0.396 e. The standard InChI is InChI=1S/C14H11N5/c15-11-5-10(8-19-4-3-17-14(11)19)9-6-13-12(18-7-9)1-2-16-13/h1-8,16H,15H2. The molecule has 0 atom stereocenters. The highest BCUT2D eigenvalue weighted by atomic mass is 15.0. The zero-order chi connectivity index (χ0) is 12.8. The largest absolute Gasteiger partial charge is 0.396 e. The first kappa shape index (κ1) is 10.1. The Bertz CT molecular complexity index is 887. The second-order valence-electron chi connectivity index (χ2n) is 4.48. The van der Waals surface area contributed by atoms with Crippen LogP contribution in [-0.2, 0) is 0 Å². The van der Waals surface area contributed by atoms with E-state index in [1.807, 2.05) is 41.3 Å². The number of hydrogen-bond donors (Lipinski definition) is 2. The lowest BCUT2D eigenvalue weighted by Gasteiger charge is -2.05. The number of nitrogen functional groups attached to an aromatic ring is 1. The third kappa shape index (κ3) is 1.48. The molecule has 0 aliphatic heterocycles. The molecule has 19 heavy (non-hydrogen) atoms. The van der Waals surface area contributed by atoms with Gasteiger partial charge in [0.25, 0.3) is 0 Å². The van der Waals surface area contributed by atoms with Gasteiger partial charge in [-0.3, -0.25) is 4.98 Å². The van der Waals surface area contributed by atoms with Gasteiger partial charge >= 0.3 is 0 Å². The Morgan fingerprint density at radius 1 is 1.16 bits per heavy atom. The molecule has 0 fully saturated rings. The molecule has 4 aromatic heterocycles. The van der Waals surface area contributed by atoms with Crippen molar-refractivity contribution in [1.82, 2.24) is 19.4 Å². The van der Waals surface area contributed by atoms with Crippen molar-refractivity contribution in [3.63, 3.8) is 0 Å². The molecule has 4 aromatic rings.